The maximum absolute atomic E-state index is 12.6. The molecule has 0 N–H and O–H groups in total. The van der Waals surface area contributed by atoms with Crippen LogP contribution < -0.4 is 0 Å². The molecule has 0 amide bonds. The fourth-order valence-corrected chi connectivity index (χ4v) is 4.74. The number of rotatable bonds is 2. The highest BCUT2D eigenvalue weighted by molar-refractivity contribution is 6.03. The summed E-state index contributed by atoms with van der Waals surface area (Å²) in [5.74, 6) is 1.09. The third-order valence-corrected chi connectivity index (χ3v) is 5.93. The van der Waals surface area contributed by atoms with Crippen LogP contribution in [0.2, 0.25) is 0 Å². The molecule has 0 unspecified atom stereocenters. The molecule has 0 aliphatic heterocycles. The third kappa shape index (κ3) is 2.52. The summed E-state index contributed by atoms with van der Waals surface area (Å²) in [6, 6.07) is 7.04. The van der Waals surface area contributed by atoms with Gasteiger partial charge in [-0.2, -0.15) is 0 Å². The number of nitrogens with zero attached hydrogens (tertiary/aromatic N) is 1. The first-order valence-electron chi connectivity index (χ1n) is 9.47. The van der Waals surface area contributed by atoms with Crippen molar-refractivity contribution in [2.45, 2.75) is 77.2 Å². The van der Waals surface area contributed by atoms with Crippen LogP contribution in [0.5, 0.6) is 0 Å². The first kappa shape index (κ1) is 15.0. The van der Waals surface area contributed by atoms with Crippen molar-refractivity contribution in [3.63, 3.8) is 0 Å². The van der Waals surface area contributed by atoms with Crippen molar-refractivity contribution in [3.05, 3.63) is 35.0 Å². The Morgan fingerprint density at radius 3 is 2.61 bits per heavy atom. The molecular formula is C21H27NO. The fraction of sp³-hybridized carbons (Fsp3) is 0.571. The molecule has 2 aliphatic carbocycles. The smallest absolute Gasteiger partial charge is 0.179 e. The van der Waals surface area contributed by atoms with Gasteiger partial charge in [-0.3, -0.25) is 4.79 Å². The molecule has 2 aliphatic rings. The molecule has 1 fully saturated rings. The lowest BCUT2D eigenvalue weighted by atomic mass is 9.83. The van der Waals surface area contributed by atoms with E-state index in [-0.39, 0.29) is 0 Å². The molecule has 4 rings (SSSR count). The Hall–Kier alpha value is -1.57. The van der Waals surface area contributed by atoms with Crippen LogP contribution in [0.25, 0.3) is 10.9 Å². The molecule has 0 spiro atoms. The van der Waals surface area contributed by atoms with Crippen molar-refractivity contribution < 1.29 is 4.79 Å². The number of carbonyl (C=O) groups excluding carboxylic acids is 1. The first-order chi connectivity index (χ1) is 11.3. The van der Waals surface area contributed by atoms with Gasteiger partial charge in [0.05, 0.1) is 5.69 Å². The van der Waals surface area contributed by atoms with Gasteiger partial charge < -0.3 is 4.57 Å². The highest BCUT2D eigenvalue weighted by Crippen LogP contribution is 2.37. The van der Waals surface area contributed by atoms with Gasteiger partial charge in [-0.15, -0.1) is 0 Å². The topological polar surface area (TPSA) is 22.0 Å². The van der Waals surface area contributed by atoms with Crippen molar-refractivity contribution in [2.24, 2.45) is 0 Å². The van der Waals surface area contributed by atoms with Gasteiger partial charge >= 0.3 is 0 Å². The number of aryl methyl sites for hydroxylation is 2. The summed E-state index contributed by atoms with van der Waals surface area (Å²) >= 11 is 0. The minimum absolute atomic E-state index is 0.356. The van der Waals surface area contributed by atoms with Crippen LogP contribution in [0, 0.1) is 0 Å². The van der Waals surface area contributed by atoms with Crippen molar-refractivity contribution in [2.75, 3.05) is 0 Å². The number of hydrogen-bond donors (Lipinski definition) is 0. The lowest BCUT2D eigenvalue weighted by Crippen LogP contribution is -2.08. The molecule has 2 nitrogen and oxygen atoms in total. The van der Waals surface area contributed by atoms with Gasteiger partial charge in [0.2, 0.25) is 0 Å². The molecule has 1 aromatic carbocycles. The number of fused-ring (bicyclic) bond motifs is 3. The van der Waals surface area contributed by atoms with Gasteiger partial charge in [0.25, 0.3) is 0 Å². The average Bonchev–Trinajstić information content (AvgIpc) is 2.79. The van der Waals surface area contributed by atoms with E-state index in [1.54, 1.807) is 0 Å². The molecule has 1 heterocycles. The molecule has 23 heavy (non-hydrogen) atoms. The summed E-state index contributed by atoms with van der Waals surface area (Å²) in [6.07, 6.45) is 10.8. The van der Waals surface area contributed by atoms with Crippen LogP contribution in [0.1, 0.15) is 85.8 Å². The predicted octanol–water partition coefficient (Wildman–Crippen LogP) is 5.62. The van der Waals surface area contributed by atoms with E-state index in [4.69, 9.17) is 0 Å². The monoisotopic (exact) mass is 309 g/mol. The molecule has 2 heteroatoms. The quantitative estimate of drug-likeness (QED) is 0.660. The molecule has 1 saturated carbocycles. The Labute approximate surface area is 138 Å². The van der Waals surface area contributed by atoms with Gasteiger partial charge in [0.15, 0.2) is 5.78 Å². The van der Waals surface area contributed by atoms with Crippen LogP contribution in [0.4, 0.5) is 0 Å². The maximum atomic E-state index is 12.6. The van der Waals surface area contributed by atoms with Crippen LogP contribution in [-0.4, -0.2) is 10.4 Å². The second kappa shape index (κ2) is 6.14. The van der Waals surface area contributed by atoms with Crippen molar-refractivity contribution in [3.8, 4) is 0 Å². The van der Waals surface area contributed by atoms with E-state index < -0.39 is 0 Å². The second-order valence-electron chi connectivity index (χ2n) is 7.31. The predicted molar refractivity (Wildman–Crippen MR) is 95.3 cm³/mol. The zero-order valence-electron chi connectivity index (χ0n) is 14.2. The van der Waals surface area contributed by atoms with E-state index in [2.05, 4.69) is 29.7 Å². The number of ketones is 1. The lowest BCUT2D eigenvalue weighted by molar-refractivity contribution is 0.0973. The van der Waals surface area contributed by atoms with Gasteiger partial charge in [-0.1, -0.05) is 25.3 Å². The van der Waals surface area contributed by atoms with E-state index in [1.165, 1.54) is 54.1 Å². The number of carbonyl (C=O) groups is 1. The number of benzene rings is 1. The lowest BCUT2D eigenvalue weighted by Gasteiger charge is -2.22. The van der Waals surface area contributed by atoms with E-state index in [0.717, 1.165) is 43.8 Å². The largest absolute Gasteiger partial charge is 0.338 e. The Balaban J connectivity index is 1.87. The van der Waals surface area contributed by atoms with Gasteiger partial charge in [-0.25, -0.2) is 0 Å². The SMILES string of the molecule is CCn1c2c(c3cc(C4CCCCC4)ccc31)CCCCC2=O. The molecular weight excluding hydrogens is 282 g/mol. The van der Waals surface area contributed by atoms with Crippen LogP contribution in [-0.2, 0) is 13.0 Å². The van der Waals surface area contributed by atoms with Gasteiger partial charge in [-0.05, 0) is 68.2 Å². The van der Waals surface area contributed by atoms with E-state index in [9.17, 15) is 4.79 Å². The molecule has 0 atom stereocenters. The van der Waals surface area contributed by atoms with Gasteiger partial charge in [0.1, 0.15) is 0 Å². The minimum Gasteiger partial charge on any atom is -0.338 e. The molecule has 0 saturated heterocycles. The maximum Gasteiger partial charge on any atom is 0.179 e. The molecule has 0 bridgehead atoms. The second-order valence-corrected chi connectivity index (χ2v) is 7.31. The summed E-state index contributed by atoms with van der Waals surface area (Å²) in [5.41, 5.74) is 5.13. The highest BCUT2D eigenvalue weighted by Gasteiger charge is 2.25. The summed E-state index contributed by atoms with van der Waals surface area (Å²) in [6.45, 7) is 3.05. The third-order valence-electron chi connectivity index (χ3n) is 5.93. The summed E-state index contributed by atoms with van der Waals surface area (Å²) in [4.78, 5) is 12.6. The van der Waals surface area contributed by atoms with Crippen molar-refractivity contribution in [1.82, 2.24) is 4.57 Å². The Morgan fingerprint density at radius 2 is 1.83 bits per heavy atom. The highest BCUT2D eigenvalue weighted by atomic mass is 16.1. The summed E-state index contributed by atoms with van der Waals surface area (Å²) < 4.78 is 2.27. The first-order valence-corrected chi connectivity index (χ1v) is 9.47. The number of hydrogen-bond acceptors (Lipinski definition) is 1. The summed E-state index contributed by atoms with van der Waals surface area (Å²) in [5, 5.41) is 1.36. The van der Waals surface area contributed by atoms with Crippen LogP contribution in [0.15, 0.2) is 18.2 Å². The number of Topliss-reactive ketones (excluding diaryl/α,β-unsaturated/α-hetero) is 1. The molecule has 2 aromatic rings. The Kier molecular flexibility index (Phi) is 4.00. The van der Waals surface area contributed by atoms with Crippen molar-refractivity contribution in [1.29, 1.82) is 0 Å². The van der Waals surface area contributed by atoms with Crippen LogP contribution >= 0.6 is 0 Å². The standard InChI is InChI=1S/C21H27NO/c1-2-22-19-13-12-16(15-8-4-3-5-9-15)14-18(19)17-10-6-7-11-20(23)21(17)22/h12-15H,2-11H2,1H3. The fourth-order valence-electron chi connectivity index (χ4n) is 4.74. The molecule has 1 aromatic heterocycles. The van der Waals surface area contributed by atoms with Crippen LogP contribution in [0.3, 0.4) is 0 Å². The minimum atomic E-state index is 0.356. The summed E-state index contributed by atoms with van der Waals surface area (Å²) in [7, 11) is 0. The normalized spacial score (nSPS) is 19.8. The number of aromatic nitrogens is 1. The van der Waals surface area contributed by atoms with E-state index in [0.29, 0.717) is 5.78 Å². The Bertz CT molecular complexity index is 734. The Morgan fingerprint density at radius 1 is 1.04 bits per heavy atom. The molecule has 0 radical (unpaired) electrons. The van der Waals surface area contributed by atoms with Crippen molar-refractivity contribution >= 4 is 16.7 Å². The zero-order chi connectivity index (χ0) is 15.8. The van der Waals surface area contributed by atoms with E-state index >= 15 is 0 Å². The van der Waals surface area contributed by atoms with E-state index in [1.807, 2.05) is 0 Å². The zero-order valence-corrected chi connectivity index (χ0v) is 14.2. The average molecular weight is 309 g/mol. The molecule has 122 valence electrons. The van der Waals surface area contributed by atoms with Gasteiger partial charge in [0, 0.05) is 23.9 Å².